The molecule has 1 N–H and O–H groups in total. The molecule has 0 saturated heterocycles. The van der Waals surface area contributed by atoms with Crippen molar-refractivity contribution >= 4 is 0 Å². The number of aryl methyl sites for hydroxylation is 1. The first kappa shape index (κ1) is 14.3. The summed E-state index contributed by atoms with van der Waals surface area (Å²) in [5.74, 6) is 0.813. The van der Waals surface area contributed by atoms with E-state index in [1.54, 1.807) is 0 Å². The fourth-order valence-electron chi connectivity index (χ4n) is 1.78. The average Bonchev–Trinajstić information content (AvgIpc) is 2.61. The molecule has 0 amide bonds. The van der Waals surface area contributed by atoms with E-state index in [0.29, 0.717) is 0 Å². The summed E-state index contributed by atoms with van der Waals surface area (Å²) in [6.45, 7) is 13.3. The molecule has 1 rings (SSSR count). The van der Waals surface area contributed by atoms with E-state index in [1.807, 2.05) is 0 Å². The van der Waals surface area contributed by atoms with Crippen molar-refractivity contribution in [2.24, 2.45) is 5.92 Å². The molecule has 17 heavy (non-hydrogen) atoms. The van der Waals surface area contributed by atoms with Crippen molar-refractivity contribution in [2.45, 2.75) is 66.1 Å². The molecule has 0 atom stereocenters. The third-order valence-electron chi connectivity index (χ3n) is 2.83. The lowest BCUT2D eigenvalue weighted by atomic mass is 10.1. The quantitative estimate of drug-likeness (QED) is 0.794. The highest BCUT2D eigenvalue weighted by Crippen LogP contribution is 2.08. The Morgan fingerprint density at radius 1 is 1.29 bits per heavy atom. The molecular weight excluding hydrogens is 208 g/mol. The lowest BCUT2D eigenvalue weighted by Gasteiger charge is -2.19. The van der Waals surface area contributed by atoms with E-state index in [0.717, 1.165) is 19.0 Å². The zero-order valence-corrected chi connectivity index (χ0v) is 12.1. The van der Waals surface area contributed by atoms with Gasteiger partial charge in [-0.2, -0.15) is 0 Å². The molecule has 0 aliphatic rings. The molecule has 98 valence electrons. The molecule has 0 radical (unpaired) electrons. The summed E-state index contributed by atoms with van der Waals surface area (Å²) < 4.78 is 2.31. The van der Waals surface area contributed by atoms with Gasteiger partial charge in [-0.25, -0.2) is 0 Å². The summed E-state index contributed by atoms with van der Waals surface area (Å²) in [4.78, 5) is 0. The minimum atomic E-state index is 0.194. The molecule has 0 fully saturated rings. The van der Waals surface area contributed by atoms with Crippen LogP contribution in [0.1, 0.15) is 53.0 Å². The van der Waals surface area contributed by atoms with Crippen LogP contribution in [0.15, 0.2) is 18.5 Å². The third-order valence-corrected chi connectivity index (χ3v) is 2.83. The maximum atomic E-state index is 3.51. The van der Waals surface area contributed by atoms with Crippen LogP contribution in [0.25, 0.3) is 0 Å². The van der Waals surface area contributed by atoms with Gasteiger partial charge in [0.15, 0.2) is 0 Å². The van der Waals surface area contributed by atoms with Crippen LogP contribution < -0.4 is 5.32 Å². The molecule has 0 bridgehead atoms. The molecule has 0 aromatic carbocycles. The van der Waals surface area contributed by atoms with Crippen LogP contribution in [0.3, 0.4) is 0 Å². The van der Waals surface area contributed by atoms with Gasteiger partial charge in [0, 0.05) is 31.0 Å². The molecule has 0 saturated carbocycles. The largest absolute Gasteiger partial charge is 0.354 e. The van der Waals surface area contributed by atoms with Crippen LogP contribution in [-0.4, -0.2) is 10.1 Å². The molecule has 2 heteroatoms. The van der Waals surface area contributed by atoms with Crippen LogP contribution in [0.4, 0.5) is 0 Å². The van der Waals surface area contributed by atoms with Crippen molar-refractivity contribution in [3.8, 4) is 0 Å². The van der Waals surface area contributed by atoms with E-state index in [9.17, 15) is 0 Å². The van der Waals surface area contributed by atoms with Gasteiger partial charge < -0.3 is 9.88 Å². The molecule has 1 aromatic heterocycles. The Bertz CT molecular complexity index is 318. The fraction of sp³-hybridized carbons (Fsp3) is 0.733. The van der Waals surface area contributed by atoms with Crippen molar-refractivity contribution in [1.29, 1.82) is 0 Å². The first-order chi connectivity index (χ1) is 7.87. The summed E-state index contributed by atoms with van der Waals surface area (Å²) >= 11 is 0. The molecular formula is C15H28N2. The van der Waals surface area contributed by atoms with Gasteiger partial charge in [0.2, 0.25) is 0 Å². The highest BCUT2D eigenvalue weighted by atomic mass is 15.0. The number of hydrogen-bond donors (Lipinski definition) is 1. The Labute approximate surface area is 106 Å². The topological polar surface area (TPSA) is 17.0 Å². The van der Waals surface area contributed by atoms with Crippen molar-refractivity contribution < 1.29 is 0 Å². The monoisotopic (exact) mass is 236 g/mol. The van der Waals surface area contributed by atoms with Crippen LogP contribution in [0, 0.1) is 5.92 Å². The summed E-state index contributed by atoms with van der Waals surface area (Å²) in [5, 5.41) is 3.51. The Balaban J connectivity index is 2.32. The van der Waals surface area contributed by atoms with Crippen LogP contribution in [0.5, 0.6) is 0 Å². The van der Waals surface area contributed by atoms with Crippen molar-refractivity contribution in [2.75, 3.05) is 0 Å². The predicted octanol–water partition coefficient (Wildman–Crippen LogP) is 3.81. The number of nitrogens with zero attached hydrogens (tertiary/aromatic N) is 1. The number of rotatable bonds is 6. The highest BCUT2D eigenvalue weighted by Gasteiger charge is 2.08. The zero-order valence-electron chi connectivity index (χ0n) is 12.1. The lowest BCUT2D eigenvalue weighted by molar-refractivity contribution is 0.424. The van der Waals surface area contributed by atoms with E-state index in [2.05, 4.69) is 63.0 Å². The number of hydrogen-bond acceptors (Lipinski definition) is 1. The normalized spacial score (nSPS) is 12.4. The van der Waals surface area contributed by atoms with Gasteiger partial charge in [-0.3, -0.25) is 0 Å². The lowest BCUT2D eigenvalue weighted by Crippen LogP contribution is -2.34. The summed E-state index contributed by atoms with van der Waals surface area (Å²) in [7, 11) is 0. The van der Waals surface area contributed by atoms with Gasteiger partial charge in [0.1, 0.15) is 0 Å². The summed E-state index contributed by atoms with van der Waals surface area (Å²) in [6.07, 6.45) is 7.05. The van der Waals surface area contributed by atoms with Gasteiger partial charge in [0.25, 0.3) is 0 Å². The number of aromatic nitrogens is 1. The second kappa shape index (κ2) is 6.25. The molecule has 0 aliphatic heterocycles. The summed E-state index contributed by atoms with van der Waals surface area (Å²) in [6, 6.07) is 2.22. The first-order valence-electron chi connectivity index (χ1n) is 6.76. The fourth-order valence-corrected chi connectivity index (χ4v) is 1.78. The SMILES string of the molecule is CC(C)CCCn1ccc(CNC(C)(C)C)c1. The van der Waals surface area contributed by atoms with E-state index >= 15 is 0 Å². The Morgan fingerprint density at radius 3 is 2.59 bits per heavy atom. The van der Waals surface area contributed by atoms with Gasteiger partial charge in [-0.05, 0) is 51.2 Å². The van der Waals surface area contributed by atoms with Gasteiger partial charge >= 0.3 is 0 Å². The first-order valence-corrected chi connectivity index (χ1v) is 6.76. The van der Waals surface area contributed by atoms with E-state index in [4.69, 9.17) is 0 Å². The maximum absolute atomic E-state index is 3.51. The van der Waals surface area contributed by atoms with Gasteiger partial charge in [-0.15, -0.1) is 0 Å². The molecule has 0 unspecified atom stereocenters. The Hall–Kier alpha value is -0.760. The van der Waals surface area contributed by atoms with Crippen LogP contribution in [-0.2, 0) is 13.1 Å². The highest BCUT2D eigenvalue weighted by molar-refractivity contribution is 5.10. The average molecular weight is 236 g/mol. The predicted molar refractivity (Wildman–Crippen MR) is 75.1 cm³/mol. The maximum Gasteiger partial charge on any atom is 0.0225 e. The third kappa shape index (κ3) is 6.52. The molecule has 1 heterocycles. The van der Waals surface area contributed by atoms with Crippen molar-refractivity contribution in [3.63, 3.8) is 0 Å². The Morgan fingerprint density at radius 2 is 2.00 bits per heavy atom. The molecule has 2 nitrogen and oxygen atoms in total. The van der Waals surface area contributed by atoms with Gasteiger partial charge in [0.05, 0.1) is 0 Å². The number of nitrogens with one attached hydrogen (secondary N) is 1. The molecule has 1 aromatic rings. The van der Waals surface area contributed by atoms with E-state index in [1.165, 1.54) is 18.4 Å². The second-order valence-corrected chi connectivity index (χ2v) is 6.40. The molecule has 0 aliphatic carbocycles. The van der Waals surface area contributed by atoms with Crippen molar-refractivity contribution in [1.82, 2.24) is 9.88 Å². The second-order valence-electron chi connectivity index (χ2n) is 6.40. The minimum Gasteiger partial charge on any atom is -0.354 e. The standard InChI is InChI=1S/C15H28N2/c1-13(2)7-6-9-17-10-8-14(12-17)11-16-15(3,4)5/h8,10,12-13,16H,6-7,9,11H2,1-5H3. The van der Waals surface area contributed by atoms with E-state index in [-0.39, 0.29) is 5.54 Å². The van der Waals surface area contributed by atoms with Crippen molar-refractivity contribution in [3.05, 3.63) is 24.0 Å². The zero-order chi connectivity index (χ0) is 12.9. The van der Waals surface area contributed by atoms with Gasteiger partial charge in [-0.1, -0.05) is 13.8 Å². The van der Waals surface area contributed by atoms with Crippen LogP contribution >= 0.6 is 0 Å². The van der Waals surface area contributed by atoms with E-state index < -0.39 is 0 Å². The minimum absolute atomic E-state index is 0.194. The smallest absolute Gasteiger partial charge is 0.0225 e. The Kier molecular flexibility index (Phi) is 5.26. The summed E-state index contributed by atoms with van der Waals surface area (Å²) in [5.41, 5.74) is 1.57. The van der Waals surface area contributed by atoms with Crippen LogP contribution in [0.2, 0.25) is 0 Å². The molecule has 0 spiro atoms.